The highest BCUT2D eigenvalue weighted by atomic mass is 19.1. The standard InChI is InChI=1S/C6H14FNO/c1-6(9)5-8(2)4-3-7/h6,9H,3-5H2,1-2H3. The van der Waals surface area contributed by atoms with Gasteiger partial charge in [0.15, 0.2) is 0 Å². The van der Waals surface area contributed by atoms with E-state index in [0.29, 0.717) is 13.1 Å². The predicted octanol–water partition coefficient (Wildman–Crippen LogP) is 0.269. The van der Waals surface area contributed by atoms with E-state index in [9.17, 15) is 4.39 Å². The van der Waals surface area contributed by atoms with Gasteiger partial charge in [0, 0.05) is 13.1 Å². The van der Waals surface area contributed by atoms with Crippen molar-refractivity contribution in [3.05, 3.63) is 0 Å². The normalized spacial score (nSPS) is 14.3. The van der Waals surface area contributed by atoms with Crippen LogP contribution in [0, 0.1) is 0 Å². The Kier molecular flexibility index (Phi) is 4.62. The van der Waals surface area contributed by atoms with Crippen molar-refractivity contribution in [1.82, 2.24) is 4.90 Å². The summed E-state index contributed by atoms with van der Waals surface area (Å²) in [7, 11) is 1.78. The lowest BCUT2D eigenvalue weighted by molar-refractivity contribution is 0.137. The fraction of sp³-hybridized carbons (Fsp3) is 1.00. The lowest BCUT2D eigenvalue weighted by atomic mass is 10.4. The molecule has 0 aromatic heterocycles. The fourth-order valence-corrected chi connectivity index (χ4v) is 0.687. The Morgan fingerprint density at radius 3 is 2.56 bits per heavy atom. The molecule has 0 spiro atoms. The van der Waals surface area contributed by atoms with Crippen LogP contribution in [0.2, 0.25) is 0 Å². The third-order valence-electron chi connectivity index (χ3n) is 1.04. The molecular weight excluding hydrogens is 121 g/mol. The minimum Gasteiger partial charge on any atom is -0.392 e. The first kappa shape index (κ1) is 8.85. The molecule has 1 N–H and O–H groups in total. The van der Waals surface area contributed by atoms with E-state index >= 15 is 0 Å². The molecule has 3 heteroatoms. The van der Waals surface area contributed by atoms with Crippen molar-refractivity contribution in [2.24, 2.45) is 0 Å². The monoisotopic (exact) mass is 135 g/mol. The summed E-state index contributed by atoms with van der Waals surface area (Å²) in [4.78, 5) is 1.75. The largest absolute Gasteiger partial charge is 0.392 e. The molecule has 0 heterocycles. The van der Waals surface area contributed by atoms with Crippen molar-refractivity contribution in [3.63, 3.8) is 0 Å². The van der Waals surface area contributed by atoms with Crippen molar-refractivity contribution >= 4 is 0 Å². The fourth-order valence-electron chi connectivity index (χ4n) is 0.687. The number of nitrogens with zero attached hydrogens (tertiary/aromatic N) is 1. The van der Waals surface area contributed by atoms with Gasteiger partial charge in [-0.05, 0) is 14.0 Å². The average Bonchev–Trinajstić information content (AvgIpc) is 1.63. The Bertz CT molecular complexity index is 68.1. The molecule has 1 atom stereocenters. The number of halogens is 1. The van der Waals surface area contributed by atoms with E-state index in [4.69, 9.17) is 5.11 Å². The van der Waals surface area contributed by atoms with Crippen LogP contribution >= 0.6 is 0 Å². The molecule has 0 aliphatic rings. The smallest absolute Gasteiger partial charge is 0.102 e. The molecule has 1 unspecified atom stereocenters. The van der Waals surface area contributed by atoms with Crippen molar-refractivity contribution < 1.29 is 9.50 Å². The second-order valence-corrected chi connectivity index (χ2v) is 2.30. The summed E-state index contributed by atoms with van der Waals surface area (Å²) >= 11 is 0. The molecule has 0 aromatic rings. The number of aliphatic hydroxyl groups is 1. The predicted molar refractivity (Wildman–Crippen MR) is 35.2 cm³/mol. The molecule has 0 bridgehead atoms. The van der Waals surface area contributed by atoms with Crippen LogP contribution in [0.5, 0.6) is 0 Å². The Morgan fingerprint density at radius 2 is 2.22 bits per heavy atom. The van der Waals surface area contributed by atoms with Gasteiger partial charge in [0.1, 0.15) is 6.67 Å². The molecule has 0 amide bonds. The molecule has 0 rings (SSSR count). The summed E-state index contributed by atoms with van der Waals surface area (Å²) in [5.41, 5.74) is 0. The molecule has 0 aliphatic heterocycles. The van der Waals surface area contributed by atoms with E-state index in [0.717, 1.165) is 0 Å². The second kappa shape index (κ2) is 4.70. The van der Waals surface area contributed by atoms with Gasteiger partial charge >= 0.3 is 0 Å². The SMILES string of the molecule is CC(O)CN(C)CCF. The maximum atomic E-state index is 11.6. The van der Waals surface area contributed by atoms with Gasteiger partial charge in [-0.1, -0.05) is 0 Å². The minimum atomic E-state index is -0.360. The highest BCUT2D eigenvalue weighted by Crippen LogP contribution is 1.86. The summed E-state index contributed by atoms with van der Waals surface area (Å²) in [5.74, 6) is 0. The zero-order valence-corrected chi connectivity index (χ0v) is 5.97. The molecular formula is C6H14FNO. The second-order valence-electron chi connectivity index (χ2n) is 2.30. The summed E-state index contributed by atoms with van der Waals surface area (Å²) in [6.45, 7) is 2.30. The van der Waals surface area contributed by atoms with Crippen LogP contribution in [0.15, 0.2) is 0 Å². The summed E-state index contributed by atoms with van der Waals surface area (Å²) in [5, 5.41) is 8.79. The van der Waals surface area contributed by atoms with Crippen LogP contribution in [0.4, 0.5) is 4.39 Å². The van der Waals surface area contributed by atoms with E-state index in [2.05, 4.69) is 0 Å². The van der Waals surface area contributed by atoms with Crippen LogP contribution in [0.25, 0.3) is 0 Å². The number of hydrogen-bond donors (Lipinski definition) is 1. The van der Waals surface area contributed by atoms with Gasteiger partial charge in [-0.2, -0.15) is 0 Å². The maximum absolute atomic E-state index is 11.6. The van der Waals surface area contributed by atoms with Crippen molar-refractivity contribution in [2.45, 2.75) is 13.0 Å². The Balaban J connectivity index is 3.15. The van der Waals surface area contributed by atoms with E-state index in [1.54, 1.807) is 18.9 Å². The van der Waals surface area contributed by atoms with Gasteiger partial charge in [0.05, 0.1) is 6.10 Å². The average molecular weight is 135 g/mol. The molecule has 0 aromatic carbocycles. The number of alkyl halides is 1. The van der Waals surface area contributed by atoms with Gasteiger partial charge in [-0.25, -0.2) is 4.39 Å². The van der Waals surface area contributed by atoms with Crippen molar-refractivity contribution in [3.8, 4) is 0 Å². The summed E-state index contributed by atoms with van der Waals surface area (Å²) < 4.78 is 11.6. The number of aliphatic hydroxyl groups excluding tert-OH is 1. The third-order valence-corrected chi connectivity index (χ3v) is 1.04. The quantitative estimate of drug-likeness (QED) is 0.598. The molecule has 0 aliphatic carbocycles. The van der Waals surface area contributed by atoms with Crippen LogP contribution in [0.3, 0.4) is 0 Å². The van der Waals surface area contributed by atoms with E-state index in [1.807, 2.05) is 0 Å². The summed E-state index contributed by atoms with van der Waals surface area (Å²) in [6.07, 6.45) is -0.360. The highest BCUT2D eigenvalue weighted by molar-refractivity contribution is 4.54. The Hall–Kier alpha value is -0.150. The number of rotatable bonds is 4. The molecule has 9 heavy (non-hydrogen) atoms. The first-order chi connectivity index (χ1) is 4.16. The van der Waals surface area contributed by atoms with Gasteiger partial charge in [-0.15, -0.1) is 0 Å². The zero-order chi connectivity index (χ0) is 7.28. The van der Waals surface area contributed by atoms with Crippen molar-refractivity contribution in [2.75, 3.05) is 26.8 Å². The summed E-state index contributed by atoms with van der Waals surface area (Å²) in [6, 6.07) is 0. The molecule has 0 radical (unpaired) electrons. The van der Waals surface area contributed by atoms with Crippen LogP contribution < -0.4 is 0 Å². The van der Waals surface area contributed by atoms with E-state index in [1.165, 1.54) is 0 Å². The van der Waals surface area contributed by atoms with Gasteiger partial charge in [0.25, 0.3) is 0 Å². The molecule has 0 saturated carbocycles. The van der Waals surface area contributed by atoms with Crippen molar-refractivity contribution in [1.29, 1.82) is 0 Å². The molecule has 2 nitrogen and oxygen atoms in total. The van der Waals surface area contributed by atoms with E-state index in [-0.39, 0.29) is 12.8 Å². The lowest BCUT2D eigenvalue weighted by Crippen LogP contribution is -2.28. The lowest BCUT2D eigenvalue weighted by Gasteiger charge is -2.15. The highest BCUT2D eigenvalue weighted by Gasteiger charge is 2.00. The first-order valence-corrected chi connectivity index (χ1v) is 3.09. The zero-order valence-electron chi connectivity index (χ0n) is 5.97. The van der Waals surface area contributed by atoms with E-state index < -0.39 is 0 Å². The number of hydrogen-bond acceptors (Lipinski definition) is 2. The molecule has 0 fully saturated rings. The minimum absolute atomic E-state index is 0.344. The first-order valence-electron chi connectivity index (χ1n) is 3.09. The van der Waals surface area contributed by atoms with Crippen LogP contribution in [0.1, 0.15) is 6.92 Å². The van der Waals surface area contributed by atoms with Gasteiger partial charge in [-0.3, -0.25) is 0 Å². The van der Waals surface area contributed by atoms with Crippen LogP contribution in [-0.4, -0.2) is 42.9 Å². The Labute approximate surface area is 55.3 Å². The van der Waals surface area contributed by atoms with Crippen LogP contribution in [-0.2, 0) is 0 Å². The van der Waals surface area contributed by atoms with Gasteiger partial charge in [0.2, 0.25) is 0 Å². The Morgan fingerprint density at radius 1 is 1.67 bits per heavy atom. The topological polar surface area (TPSA) is 23.5 Å². The molecule has 0 saturated heterocycles. The molecule has 56 valence electrons. The third kappa shape index (κ3) is 5.73. The number of likely N-dealkylation sites (N-methyl/N-ethyl adjacent to an activating group) is 1. The van der Waals surface area contributed by atoms with Gasteiger partial charge < -0.3 is 10.0 Å². The maximum Gasteiger partial charge on any atom is 0.102 e.